The van der Waals surface area contributed by atoms with Gasteiger partial charge in [0.2, 0.25) is 0 Å². The lowest BCUT2D eigenvalue weighted by molar-refractivity contribution is 0.665. The van der Waals surface area contributed by atoms with Crippen molar-refractivity contribution in [3.05, 3.63) is 218 Å². The SMILES string of the molecule is CCC[C@H](C)c1ccc(N2c3cc(N(c4ccccc4)c4ccccc4)ccc3Bc3c(-c4cccc5c4[nH]c4ccc6ccccc6c45)cc4c(oc5ccccc54)c32)c(-c2ccccc2)c1. The molecule has 1 aliphatic rings. The zero-order chi connectivity index (χ0) is 45.3. The summed E-state index contributed by atoms with van der Waals surface area (Å²) in [7, 11) is 0.715. The summed E-state index contributed by atoms with van der Waals surface area (Å²) in [5.41, 5.74) is 19.2. The number of furan rings is 1. The van der Waals surface area contributed by atoms with Gasteiger partial charge in [0.25, 0.3) is 0 Å². The molecule has 0 unspecified atom stereocenters. The highest BCUT2D eigenvalue weighted by molar-refractivity contribution is 6.74. The predicted molar refractivity (Wildman–Crippen MR) is 291 cm³/mol. The Morgan fingerprint density at radius 1 is 0.559 bits per heavy atom. The molecule has 0 amide bonds. The fourth-order valence-corrected chi connectivity index (χ4v) is 11.2. The van der Waals surface area contributed by atoms with E-state index in [1.807, 2.05) is 0 Å². The van der Waals surface area contributed by atoms with Crippen LogP contribution in [0.15, 0.2) is 217 Å². The predicted octanol–water partition coefficient (Wildman–Crippen LogP) is 16.3. The first-order chi connectivity index (χ1) is 33.6. The molecule has 0 aliphatic carbocycles. The normalized spacial score (nSPS) is 12.7. The second-order valence-electron chi connectivity index (χ2n) is 18.5. The fourth-order valence-electron chi connectivity index (χ4n) is 11.2. The van der Waals surface area contributed by atoms with E-state index in [0.717, 1.165) is 79.9 Å². The zero-order valence-corrected chi connectivity index (χ0v) is 38.2. The van der Waals surface area contributed by atoms with Crippen LogP contribution >= 0.6 is 0 Å². The van der Waals surface area contributed by atoms with Crippen molar-refractivity contribution in [1.29, 1.82) is 0 Å². The third kappa shape index (κ3) is 6.45. The number of fused-ring (bicyclic) bond motifs is 11. The number of nitrogens with zero attached hydrogens (tertiary/aromatic N) is 2. The van der Waals surface area contributed by atoms with Crippen LogP contribution in [0.1, 0.15) is 38.2 Å². The van der Waals surface area contributed by atoms with Crippen LogP contribution in [-0.4, -0.2) is 12.3 Å². The summed E-state index contributed by atoms with van der Waals surface area (Å²) in [5.74, 6) is 0.414. The number of benzene rings is 10. The number of hydrogen-bond acceptors (Lipinski definition) is 3. The van der Waals surface area contributed by atoms with Crippen LogP contribution in [0.5, 0.6) is 0 Å². The summed E-state index contributed by atoms with van der Waals surface area (Å²) in [6.07, 6.45) is 2.25. The molecule has 2 aromatic heterocycles. The van der Waals surface area contributed by atoms with E-state index in [0.29, 0.717) is 13.2 Å². The van der Waals surface area contributed by atoms with Crippen LogP contribution in [0.3, 0.4) is 0 Å². The maximum absolute atomic E-state index is 7.19. The van der Waals surface area contributed by atoms with Crippen molar-refractivity contribution in [2.45, 2.75) is 32.6 Å². The monoisotopic (exact) mass is 873 g/mol. The summed E-state index contributed by atoms with van der Waals surface area (Å²) in [6, 6.07) is 77.7. The molecule has 5 heteroatoms. The molecule has 1 atom stereocenters. The number of hydrogen-bond donors (Lipinski definition) is 1. The molecule has 0 bridgehead atoms. The highest BCUT2D eigenvalue weighted by Crippen LogP contribution is 2.50. The average molecular weight is 874 g/mol. The largest absolute Gasteiger partial charge is 0.454 e. The fraction of sp³-hybridized carbons (Fsp3) is 0.0794. The highest BCUT2D eigenvalue weighted by atomic mass is 16.3. The average Bonchev–Trinajstić information content (AvgIpc) is 3.98. The molecule has 10 aromatic carbocycles. The molecule has 1 N–H and O–H groups in total. The van der Waals surface area contributed by atoms with Crippen molar-refractivity contribution in [3.63, 3.8) is 0 Å². The second-order valence-corrected chi connectivity index (χ2v) is 18.5. The molecule has 0 radical (unpaired) electrons. The molecule has 0 fully saturated rings. The van der Waals surface area contributed by atoms with Crippen molar-refractivity contribution >= 4 is 107 Å². The molecular weight excluding hydrogens is 826 g/mol. The quantitative estimate of drug-likeness (QED) is 0.147. The Kier molecular flexibility index (Phi) is 9.57. The Morgan fingerprint density at radius 2 is 1.26 bits per heavy atom. The van der Waals surface area contributed by atoms with Gasteiger partial charge in [0, 0.05) is 60.9 Å². The Morgan fingerprint density at radius 3 is 2.04 bits per heavy atom. The first kappa shape index (κ1) is 40.0. The summed E-state index contributed by atoms with van der Waals surface area (Å²) in [6.45, 7) is 4.65. The minimum absolute atomic E-state index is 0.414. The summed E-state index contributed by atoms with van der Waals surface area (Å²) in [4.78, 5) is 8.87. The Hall–Kier alpha value is -8.28. The maximum Gasteiger partial charge on any atom is 0.198 e. The lowest BCUT2D eigenvalue weighted by atomic mass is 9.58. The molecule has 1 aliphatic heterocycles. The van der Waals surface area contributed by atoms with E-state index in [1.54, 1.807) is 0 Å². The lowest BCUT2D eigenvalue weighted by Gasteiger charge is -2.37. The van der Waals surface area contributed by atoms with Gasteiger partial charge >= 0.3 is 0 Å². The Balaban J connectivity index is 1.14. The smallest absolute Gasteiger partial charge is 0.198 e. The summed E-state index contributed by atoms with van der Waals surface area (Å²) < 4.78 is 7.19. The van der Waals surface area contributed by atoms with Gasteiger partial charge in [-0.1, -0.05) is 171 Å². The standard InChI is InChI=1S/C63H48BN3O/c1-3-18-40(2)43-32-36-56(51(37-43)41-19-7-4-8-20-41)67-57-38-46(66(44-22-9-5-10-23-44)45-24-11-6-12-25-45)33-34-54(57)64-60-52(39-53-48-27-15-16-30-58(48)68-63(53)62(60)67)49-28-17-29-50-59-47-26-14-13-21-42(47)31-35-55(59)65-61(49)50/h4-17,19-40,64-65H,3,18H2,1-2H3/t40-/m0/s1. The summed E-state index contributed by atoms with van der Waals surface area (Å²) >= 11 is 0. The van der Waals surface area contributed by atoms with Gasteiger partial charge in [-0.15, -0.1) is 0 Å². The molecule has 12 aromatic rings. The molecule has 13 rings (SSSR count). The van der Waals surface area contributed by atoms with Crippen LogP contribution in [0.25, 0.3) is 76.8 Å². The van der Waals surface area contributed by atoms with Crippen molar-refractivity contribution in [1.82, 2.24) is 4.98 Å². The van der Waals surface area contributed by atoms with Crippen molar-refractivity contribution in [2.75, 3.05) is 9.80 Å². The van der Waals surface area contributed by atoms with E-state index in [2.05, 4.69) is 241 Å². The van der Waals surface area contributed by atoms with E-state index in [4.69, 9.17) is 4.42 Å². The summed E-state index contributed by atoms with van der Waals surface area (Å²) in [5, 5.41) is 7.18. The third-order valence-corrected chi connectivity index (χ3v) is 14.4. The minimum atomic E-state index is 0.414. The first-order valence-electron chi connectivity index (χ1n) is 24.0. The molecule has 68 heavy (non-hydrogen) atoms. The Bertz CT molecular complexity index is 3840. The second kappa shape index (κ2) is 16.3. The molecule has 324 valence electrons. The number of aromatic nitrogens is 1. The van der Waals surface area contributed by atoms with Crippen LogP contribution in [0.2, 0.25) is 0 Å². The zero-order valence-electron chi connectivity index (χ0n) is 38.2. The van der Waals surface area contributed by atoms with Crippen molar-refractivity contribution in [3.8, 4) is 22.3 Å². The van der Waals surface area contributed by atoms with Crippen molar-refractivity contribution in [2.24, 2.45) is 0 Å². The molecule has 4 nitrogen and oxygen atoms in total. The Labute approximate surface area is 397 Å². The van der Waals surface area contributed by atoms with Gasteiger partial charge in [-0.05, 0) is 112 Å². The highest BCUT2D eigenvalue weighted by Gasteiger charge is 2.34. The van der Waals surface area contributed by atoms with E-state index in [9.17, 15) is 0 Å². The molecule has 0 saturated heterocycles. The van der Waals surface area contributed by atoms with Crippen LogP contribution in [0.4, 0.5) is 34.1 Å². The number of para-hydroxylation sites is 4. The molecular formula is C63H48BN3O. The van der Waals surface area contributed by atoms with Gasteiger partial charge in [0.05, 0.1) is 16.9 Å². The molecule has 0 saturated carbocycles. The first-order valence-corrected chi connectivity index (χ1v) is 24.0. The number of aromatic amines is 1. The van der Waals surface area contributed by atoms with Crippen LogP contribution < -0.4 is 20.7 Å². The van der Waals surface area contributed by atoms with E-state index < -0.39 is 0 Å². The van der Waals surface area contributed by atoms with Crippen molar-refractivity contribution < 1.29 is 4.42 Å². The number of rotatable bonds is 9. The van der Waals surface area contributed by atoms with Crippen LogP contribution in [-0.2, 0) is 0 Å². The maximum atomic E-state index is 7.19. The minimum Gasteiger partial charge on any atom is -0.454 e. The number of H-pyrrole nitrogens is 1. The molecule has 3 heterocycles. The van der Waals surface area contributed by atoms with E-state index >= 15 is 0 Å². The van der Waals surface area contributed by atoms with Crippen LogP contribution in [0, 0.1) is 0 Å². The van der Waals surface area contributed by atoms with E-state index in [-0.39, 0.29) is 0 Å². The van der Waals surface area contributed by atoms with Gasteiger partial charge in [-0.2, -0.15) is 0 Å². The lowest BCUT2D eigenvalue weighted by Crippen LogP contribution is -2.41. The number of nitrogens with one attached hydrogen (secondary N) is 1. The molecule has 0 spiro atoms. The van der Waals surface area contributed by atoms with Gasteiger partial charge in [0.15, 0.2) is 12.9 Å². The topological polar surface area (TPSA) is 35.4 Å². The van der Waals surface area contributed by atoms with Gasteiger partial charge in [-0.3, -0.25) is 0 Å². The van der Waals surface area contributed by atoms with Gasteiger partial charge in [-0.25, -0.2) is 0 Å². The van der Waals surface area contributed by atoms with Gasteiger partial charge in [0.1, 0.15) is 5.58 Å². The number of anilines is 6. The van der Waals surface area contributed by atoms with Gasteiger partial charge < -0.3 is 19.2 Å². The van der Waals surface area contributed by atoms with E-state index in [1.165, 1.54) is 60.3 Å². The third-order valence-electron chi connectivity index (χ3n) is 14.4.